The van der Waals surface area contributed by atoms with Crippen LogP contribution < -0.4 is 4.90 Å². The van der Waals surface area contributed by atoms with E-state index in [0.29, 0.717) is 6.04 Å². The highest BCUT2D eigenvalue weighted by Gasteiger charge is 2.22. The minimum absolute atomic E-state index is 0.477. The molecule has 0 unspecified atom stereocenters. The van der Waals surface area contributed by atoms with E-state index in [-0.39, 0.29) is 0 Å². The number of nitriles is 1. The zero-order valence-corrected chi connectivity index (χ0v) is 13.6. The Labute approximate surface area is 130 Å². The van der Waals surface area contributed by atoms with Crippen molar-refractivity contribution in [2.45, 2.75) is 39.7 Å². The predicted octanol–water partition coefficient (Wildman–Crippen LogP) is 4.76. The quantitative estimate of drug-likeness (QED) is 0.799. The molecule has 1 aromatic heterocycles. The Balaban J connectivity index is 2.14. The Bertz CT molecular complexity index is 706. The molecule has 1 aromatic carbocycles. The van der Waals surface area contributed by atoms with Crippen LogP contribution in [0.25, 0.3) is 10.4 Å². The SMILES string of the molecule is Cc1ccc(-c2cc3c(cc2C#N)N(C(C)C)CCC3)s1. The van der Waals surface area contributed by atoms with E-state index in [4.69, 9.17) is 0 Å². The molecule has 21 heavy (non-hydrogen) atoms. The Morgan fingerprint density at radius 1 is 1.29 bits per heavy atom. The van der Waals surface area contributed by atoms with E-state index in [0.717, 1.165) is 24.1 Å². The molecule has 0 bridgehead atoms. The zero-order valence-electron chi connectivity index (χ0n) is 12.8. The molecule has 2 aromatic rings. The van der Waals surface area contributed by atoms with E-state index in [9.17, 15) is 5.26 Å². The molecular weight excluding hydrogens is 276 g/mol. The van der Waals surface area contributed by atoms with E-state index in [1.54, 1.807) is 11.3 Å². The highest BCUT2D eigenvalue weighted by Crippen LogP contribution is 2.37. The van der Waals surface area contributed by atoms with Crippen LogP contribution >= 0.6 is 11.3 Å². The van der Waals surface area contributed by atoms with E-state index in [1.807, 2.05) is 0 Å². The molecule has 0 atom stereocenters. The van der Waals surface area contributed by atoms with Gasteiger partial charge in [-0.1, -0.05) is 0 Å². The van der Waals surface area contributed by atoms with Crippen LogP contribution in [-0.2, 0) is 6.42 Å². The second-order valence-corrected chi connectivity index (χ2v) is 7.23. The third-order valence-electron chi connectivity index (χ3n) is 4.12. The number of nitrogens with zero attached hydrogens (tertiary/aromatic N) is 2. The van der Waals surface area contributed by atoms with Crippen LogP contribution in [0.2, 0.25) is 0 Å². The molecular formula is C18H20N2S. The summed E-state index contributed by atoms with van der Waals surface area (Å²) >= 11 is 1.76. The molecule has 0 radical (unpaired) electrons. The van der Waals surface area contributed by atoms with Crippen LogP contribution in [0.4, 0.5) is 5.69 Å². The summed E-state index contributed by atoms with van der Waals surface area (Å²) < 4.78 is 0. The molecule has 0 spiro atoms. The average Bonchev–Trinajstić information content (AvgIpc) is 2.91. The van der Waals surface area contributed by atoms with Crippen molar-refractivity contribution in [1.29, 1.82) is 5.26 Å². The summed E-state index contributed by atoms with van der Waals surface area (Å²) in [5.74, 6) is 0. The van der Waals surface area contributed by atoms with Gasteiger partial charge in [0.25, 0.3) is 0 Å². The number of benzene rings is 1. The number of rotatable bonds is 2. The van der Waals surface area contributed by atoms with Gasteiger partial charge >= 0.3 is 0 Å². The summed E-state index contributed by atoms with van der Waals surface area (Å²) in [7, 11) is 0. The molecule has 0 N–H and O–H groups in total. The smallest absolute Gasteiger partial charge is 0.0999 e. The maximum absolute atomic E-state index is 9.55. The van der Waals surface area contributed by atoms with Gasteiger partial charge in [0.05, 0.1) is 11.6 Å². The number of thiophene rings is 1. The topological polar surface area (TPSA) is 27.0 Å². The molecule has 2 heterocycles. The normalized spacial score (nSPS) is 14.1. The van der Waals surface area contributed by atoms with E-state index in [1.165, 1.54) is 27.4 Å². The van der Waals surface area contributed by atoms with E-state index < -0.39 is 0 Å². The summed E-state index contributed by atoms with van der Waals surface area (Å²) in [6, 6.07) is 11.5. The summed E-state index contributed by atoms with van der Waals surface area (Å²) in [5, 5.41) is 9.55. The molecule has 0 fully saturated rings. The molecule has 1 aliphatic rings. The molecule has 0 amide bonds. The van der Waals surface area contributed by atoms with Crippen molar-refractivity contribution in [3.8, 4) is 16.5 Å². The van der Waals surface area contributed by atoms with Crippen LogP contribution in [0.15, 0.2) is 24.3 Å². The van der Waals surface area contributed by atoms with Crippen LogP contribution in [-0.4, -0.2) is 12.6 Å². The second kappa shape index (κ2) is 5.54. The Hall–Kier alpha value is -1.79. The van der Waals surface area contributed by atoms with Crippen LogP contribution in [0, 0.1) is 18.3 Å². The van der Waals surface area contributed by atoms with Gasteiger partial charge in [-0.15, -0.1) is 11.3 Å². The Morgan fingerprint density at radius 3 is 2.71 bits per heavy atom. The monoisotopic (exact) mass is 296 g/mol. The minimum atomic E-state index is 0.477. The van der Waals surface area contributed by atoms with Gasteiger partial charge in [-0.3, -0.25) is 0 Å². The van der Waals surface area contributed by atoms with Crippen molar-refractivity contribution < 1.29 is 0 Å². The number of hydrogen-bond donors (Lipinski definition) is 0. The predicted molar refractivity (Wildman–Crippen MR) is 90.0 cm³/mol. The number of fused-ring (bicyclic) bond motifs is 1. The van der Waals surface area contributed by atoms with Crippen molar-refractivity contribution in [3.05, 3.63) is 40.3 Å². The molecule has 0 saturated heterocycles. The summed E-state index contributed by atoms with van der Waals surface area (Å²) in [6.07, 6.45) is 2.31. The first-order chi connectivity index (χ1) is 10.1. The zero-order chi connectivity index (χ0) is 15.0. The van der Waals surface area contributed by atoms with Gasteiger partial charge in [0.15, 0.2) is 0 Å². The second-order valence-electron chi connectivity index (χ2n) is 5.94. The first-order valence-electron chi connectivity index (χ1n) is 7.50. The molecule has 1 aliphatic heterocycles. The van der Waals surface area contributed by atoms with Gasteiger partial charge in [-0.25, -0.2) is 0 Å². The third kappa shape index (κ3) is 2.56. The maximum atomic E-state index is 9.55. The molecule has 3 heteroatoms. The van der Waals surface area contributed by atoms with Gasteiger partial charge in [-0.05, 0) is 63.4 Å². The third-order valence-corrected chi connectivity index (χ3v) is 5.16. The Kier molecular flexibility index (Phi) is 3.73. The van der Waals surface area contributed by atoms with Crippen LogP contribution in [0.1, 0.15) is 36.3 Å². The maximum Gasteiger partial charge on any atom is 0.0999 e. The standard InChI is InChI=1S/C18H20N2S/c1-12(2)20-8-4-5-14-9-16(15(11-19)10-17(14)20)18-7-6-13(3)21-18/h6-7,9-10,12H,4-5,8H2,1-3H3. The highest BCUT2D eigenvalue weighted by molar-refractivity contribution is 7.15. The molecule has 0 aliphatic carbocycles. The first kappa shape index (κ1) is 14.2. The van der Waals surface area contributed by atoms with Crippen LogP contribution in [0.3, 0.4) is 0 Å². The molecule has 2 nitrogen and oxygen atoms in total. The van der Waals surface area contributed by atoms with Crippen molar-refractivity contribution in [1.82, 2.24) is 0 Å². The summed E-state index contributed by atoms with van der Waals surface area (Å²) in [5.41, 5.74) is 4.53. The van der Waals surface area contributed by atoms with E-state index in [2.05, 4.69) is 56.0 Å². The highest BCUT2D eigenvalue weighted by atomic mass is 32.1. The lowest BCUT2D eigenvalue weighted by Gasteiger charge is -2.35. The van der Waals surface area contributed by atoms with Crippen molar-refractivity contribution >= 4 is 17.0 Å². The molecule has 3 rings (SSSR count). The lowest BCUT2D eigenvalue weighted by molar-refractivity contribution is 0.625. The fourth-order valence-corrected chi connectivity index (χ4v) is 3.97. The van der Waals surface area contributed by atoms with Gasteiger partial charge in [0.2, 0.25) is 0 Å². The Morgan fingerprint density at radius 2 is 2.10 bits per heavy atom. The lowest BCUT2D eigenvalue weighted by Crippen LogP contribution is -2.35. The lowest BCUT2D eigenvalue weighted by atomic mass is 9.94. The number of hydrogen-bond acceptors (Lipinski definition) is 3. The van der Waals surface area contributed by atoms with E-state index >= 15 is 0 Å². The van der Waals surface area contributed by atoms with Gasteiger partial charge in [0, 0.05) is 33.6 Å². The average molecular weight is 296 g/mol. The fraction of sp³-hybridized carbons (Fsp3) is 0.389. The number of anilines is 1. The number of aryl methyl sites for hydroxylation is 2. The van der Waals surface area contributed by atoms with Gasteiger partial charge < -0.3 is 4.90 Å². The van der Waals surface area contributed by atoms with Gasteiger partial charge in [-0.2, -0.15) is 5.26 Å². The first-order valence-corrected chi connectivity index (χ1v) is 8.32. The van der Waals surface area contributed by atoms with Crippen molar-refractivity contribution in [2.75, 3.05) is 11.4 Å². The minimum Gasteiger partial charge on any atom is -0.369 e. The van der Waals surface area contributed by atoms with Crippen molar-refractivity contribution in [2.24, 2.45) is 0 Å². The molecule has 108 valence electrons. The van der Waals surface area contributed by atoms with Crippen LogP contribution in [0.5, 0.6) is 0 Å². The fourth-order valence-electron chi connectivity index (χ4n) is 3.07. The summed E-state index contributed by atoms with van der Waals surface area (Å²) in [6.45, 7) is 7.64. The largest absolute Gasteiger partial charge is 0.369 e. The van der Waals surface area contributed by atoms with Crippen molar-refractivity contribution in [3.63, 3.8) is 0 Å². The summed E-state index contributed by atoms with van der Waals surface area (Å²) in [4.78, 5) is 4.91. The van der Waals surface area contributed by atoms with Gasteiger partial charge in [0.1, 0.15) is 0 Å². The molecule has 0 saturated carbocycles.